The highest BCUT2D eigenvalue weighted by Crippen LogP contribution is 2.57. The van der Waals surface area contributed by atoms with Crippen molar-refractivity contribution in [3.05, 3.63) is 180 Å². The molecule has 1 aliphatic rings. The van der Waals surface area contributed by atoms with Crippen LogP contribution in [0.5, 0.6) is 23.0 Å². The van der Waals surface area contributed by atoms with Crippen LogP contribution in [0.25, 0.3) is 64.6 Å². The molecule has 0 spiro atoms. The van der Waals surface area contributed by atoms with Gasteiger partial charge in [0, 0.05) is 22.1 Å². The third-order valence-electron chi connectivity index (χ3n) is 18.1. The van der Waals surface area contributed by atoms with Crippen molar-refractivity contribution in [2.45, 2.75) is 171 Å². The maximum absolute atomic E-state index is 7.32. The van der Waals surface area contributed by atoms with Gasteiger partial charge in [-0.2, -0.15) is 0 Å². The summed E-state index contributed by atoms with van der Waals surface area (Å²) >= 11 is 19.1. The average molecular weight is 1410 g/mol. The van der Waals surface area contributed by atoms with Gasteiger partial charge in [-0.3, -0.25) is 0 Å². The number of fused-ring (bicyclic) bond motifs is 8. The van der Waals surface area contributed by atoms with E-state index in [4.69, 9.17) is 43.4 Å². The summed E-state index contributed by atoms with van der Waals surface area (Å²) in [5.41, 5.74) is 5.74. The van der Waals surface area contributed by atoms with Crippen molar-refractivity contribution in [2.75, 3.05) is 50.2 Å². The van der Waals surface area contributed by atoms with Crippen molar-refractivity contribution in [3.8, 4) is 23.0 Å². The summed E-state index contributed by atoms with van der Waals surface area (Å²) in [6.45, 7) is 34.5. The zero-order valence-electron chi connectivity index (χ0n) is 58.8. The molecular weight excluding hydrogens is 1320 g/mol. The van der Waals surface area contributed by atoms with E-state index in [0.29, 0.717) is 49.7 Å². The molecule has 0 saturated carbocycles. The van der Waals surface area contributed by atoms with Gasteiger partial charge in [-0.15, -0.1) is 0 Å². The molecule has 13 rings (SSSR count). The van der Waals surface area contributed by atoms with E-state index in [1.54, 1.807) is 47.0 Å². The Hall–Kier alpha value is -7.30. The number of ether oxygens (including phenoxy) is 4. The molecule has 14 heteroatoms. The van der Waals surface area contributed by atoms with E-state index in [2.05, 4.69) is 276 Å². The van der Waals surface area contributed by atoms with Gasteiger partial charge in [0.15, 0.2) is 10.2 Å². The van der Waals surface area contributed by atoms with Gasteiger partial charge in [-0.05, 0) is 196 Å². The highest BCUT2D eigenvalue weighted by atomic mass is 32.2. The van der Waals surface area contributed by atoms with Gasteiger partial charge in [0.25, 0.3) is 0 Å². The molecule has 8 bridgehead atoms. The first-order valence-electron chi connectivity index (χ1n) is 34.2. The van der Waals surface area contributed by atoms with Crippen molar-refractivity contribution in [1.29, 1.82) is 0 Å². The van der Waals surface area contributed by atoms with E-state index in [0.717, 1.165) is 97.2 Å². The van der Waals surface area contributed by atoms with Crippen molar-refractivity contribution in [2.24, 2.45) is 0 Å². The number of rotatable bonds is 16. The molecule has 0 fully saturated rings. The van der Waals surface area contributed by atoms with Crippen molar-refractivity contribution < 1.29 is 18.9 Å². The number of nitrogens with one attached hydrogen (secondary N) is 4. The molecule has 0 amide bonds. The standard InChI is InChI=1S/C84H88N4O4S6/c1-15-37-89-75-63-41-55(81(3,4)5)42-64(75)96-68-46-58(84(12,13)14)48-70(78(68)92-40-36-86-80(94)88-62-34-30-54-26-24-50-20-18-22-52-28-32-60(62)74(54)72(50)52)98-66-44-56(82(6,7)8)43-65(76(66)90-38-16-2)97-69-47-57(83(9,10)11)45-67(95-63)77(69)91-39-35-85-79(93)87-61-33-29-53-25-23-49-19-17-21-51-27-31-59(61)73(53)71(49)51/h17-34,41-48H,15-16,35-40H2,1-14H3,(H2,85,87,93)(H2,86,88,94). The first-order valence-corrected chi connectivity index (χ1v) is 38.3. The topological polar surface area (TPSA) is 85.0 Å². The molecule has 1 aliphatic heterocycles. The fraction of sp³-hybridized carbons (Fsp3) is 0.310. The molecule has 1 heterocycles. The van der Waals surface area contributed by atoms with Crippen LogP contribution in [0.15, 0.2) is 197 Å². The first-order chi connectivity index (χ1) is 46.8. The largest absolute Gasteiger partial charge is 0.491 e. The van der Waals surface area contributed by atoms with Gasteiger partial charge in [0.05, 0.1) is 65.5 Å². The molecular formula is C84H88N4O4S6. The third kappa shape index (κ3) is 14.5. The number of hydrogen-bond donors (Lipinski definition) is 4. The molecule has 4 N–H and O–H groups in total. The number of anilines is 2. The van der Waals surface area contributed by atoms with Crippen molar-refractivity contribution in [1.82, 2.24) is 10.6 Å². The zero-order valence-corrected chi connectivity index (χ0v) is 63.6. The molecule has 0 aliphatic carbocycles. The normalized spacial score (nSPS) is 13.0. The molecule has 504 valence electrons. The summed E-state index contributed by atoms with van der Waals surface area (Å²) in [5, 5.41) is 29.9. The minimum atomic E-state index is -0.232. The Balaban J connectivity index is 0.897. The smallest absolute Gasteiger partial charge is 0.170 e. The van der Waals surface area contributed by atoms with Crippen LogP contribution in [0.4, 0.5) is 11.4 Å². The molecule has 0 saturated heterocycles. The summed E-state index contributed by atoms with van der Waals surface area (Å²) in [7, 11) is 0. The summed E-state index contributed by atoms with van der Waals surface area (Å²) in [6, 6.07) is 58.1. The van der Waals surface area contributed by atoms with E-state index in [9.17, 15) is 0 Å². The second-order valence-electron chi connectivity index (χ2n) is 29.7. The Morgan fingerprint density at radius 3 is 0.837 bits per heavy atom. The maximum Gasteiger partial charge on any atom is 0.170 e. The quantitative estimate of drug-likeness (QED) is 0.0421. The van der Waals surface area contributed by atoms with E-state index >= 15 is 0 Å². The van der Waals surface area contributed by atoms with Gasteiger partial charge in [0.2, 0.25) is 0 Å². The van der Waals surface area contributed by atoms with Crippen molar-refractivity contribution >= 4 is 158 Å². The van der Waals surface area contributed by atoms with Gasteiger partial charge < -0.3 is 40.2 Å². The zero-order chi connectivity index (χ0) is 69.0. The van der Waals surface area contributed by atoms with E-state index in [1.165, 1.54) is 76.1 Å². The lowest BCUT2D eigenvalue weighted by atomic mass is 9.87. The van der Waals surface area contributed by atoms with Crippen LogP contribution in [0.1, 0.15) is 132 Å². The van der Waals surface area contributed by atoms with E-state index in [1.807, 2.05) is 0 Å². The highest BCUT2D eigenvalue weighted by molar-refractivity contribution is 8.01. The summed E-state index contributed by atoms with van der Waals surface area (Å²) in [5.74, 6) is 3.23. The lowest BCUT2D eigenvalue weighted by Crippen LogP contribution is -2.32. The van der Waals surface area contributed by atoms with Crippen molar-refractivity contribution in [3.63, 3.8) is 0 Å². The van der Waals surface area contributed by atoms with Crippen LogP contribution >= 0.6 is 71.5 Å². The van der Waals surface area contributed by atoms with Crippen LogP contribution in [0.3, 0.4) is 0 Å². The first kappa shape index (κ1) is 69.2. The van der Waals surface area contributed by atoms with E-state index in [-0.39, 0.29) is 21.7 Å². The molecule has 0 radical (unpaired) electrons. The third-order valence-corrected chi connectivity index (χ3v) is 22.8. The molecule has 12 aromatic rings. The molecule has 12 aromatic carbocycles. The molecule has 0 atom stereocenters. The van der Waals surface area contributed by atoms with Crippen LogP contribution < -0.4 is 40.2 Å². The van der Waals surface area contributed by atoms with Crippen LogP contribution in [0.2, 0.25) is 0 Å². The summed E-state index contributed by atoms with van der Waals surface area (Å²) in [6.07, 6.45) is 1.66. The molecule has 8 nitrogen and oxygen atoms in total. The maximum atomic E-state index is 7.32. The lowest BCUT2D eigenvalue weighted by molar-refractivity contribution is 0.300. The van der Waals surface area contributed by atoms with E-state index < -0.39 is 0 Å². The van der Waals surface area contributed by atoms with Gasteiger partial charge in [-0.25, -0.2) is 0 Å². The fourth-order valence-electron chi connectivity index (χ4n) is 12.8. The van der Waals surface area contributed by atoms with Crippen LogP contribution in [0, 0.1) is 0 Å². The Kier molecular flexibility index (Phi) is 19.8. The van der Waals surface area contributed by atoms with Gasteiger partial charge >= 0.3 is 0 Å². The molecule has 0 unspecified atom stereocenters. The molecule has 0 aromatic heterocycles. The van der Waals surface area contributed by atoms with Gasteiger partial charge in [-0.1, -0.05) is 241 Å². The monoisotopic (exact) mass is 1410 g/mol. The van der Waals surface area contributed by atoms with Crippen LogP contribution in [-0.2, 0) is 21.7 Å². The summed E-state index contributed by atoms with van der Waals surface area (Å²) in [4.78, 5) is 7.98. The predicted octanol–water partition coefficient (Wildman–Crippen LogP) is 23.9. The second-order valence-corrected chi connectivity index (χ2v) is 34.9. The Bertz CT molecular complexity index is 4580. The van der Waals surface area contributed by atoms with Gasteiger partial charge in [0.1, 0.15) is 36.2 Å². The number of thiocarbonyl (C=S) groups is 2. The average Bonchev–Trinajstić information content (AvgIpc) is 0.754. The Morgan fingerprint density at radius 2 is 0.571 bits per heavy atom. The predicted molar refractivity (Wildman–Crippen MR) is 428 cm³/mol. The SMILES string of the molecule is CCCOc1c2cc(C(C)(C)C)cc1Sc1cc(C(C)(C)C)cc(c1OCCNC(=S)Nc1ccc3ccc4cccc5ccc1c3c45)Sc1cc(C(C)(C)C)cc(c1OCCC)Sc1cc(C(C)(C)C)cc(c1OCCNC(=S)Nc1ccc3ccc4cccc5ccc1c3c45)S2. The highest BCUT2D eigenvalue weighted by Gasteiger charge is 2.31. The summed E-state index contributed by atoms with van der Waals surface area (Å²) < 4.78 is 28.9. The number of hydrogen-bond acceptors (Lipinski definition) is 10. The minimum absolute atomic E-state index is 0.230. The van der Waals surface area contributed by atoms with Crippen LogP contribution in [-0.4, -0.2) is 49.7 Å². The fourth-order valence-corrected chi connectivity index (χ4v) is 18.0. The lowest BCUT2D eigenvalue weighted by Gasteiger charge is -2.28. The Morgan fingerprint density at radius 1 is 0.327 bits per heavy atom. The Labute approximate surface area is 606 Å². The second kappa shape index (κ2) is 28.0. The molecule has 98 heavy (non-hydrogen) atoms. The number of benzene rings is 12. The minimum Gasteiger partial charge on any atom is -0.491 e.